The topological polar surface area (TPSA) is 120 Å². The highest BCUT2D eigenvalue weighted by molar-refractivity contribution is 6.06. The van der Waals surface area contributed by atoms with Crippen molar-refractivity contribution in [2.24, 2.45) is 0 Å². The van der Waals surface area contributed by atoms with Crippen molar-refractivity contribution < 1.29 is 19.1 Å². The molecule has 3 aromatic carbocycles. The van der Waals surface area contributed by atoms with Crippen LogP contribution in [0, 0.1) is 0 Å². The highest BCUT2D eigenvalue weighted by Crippen LogP contribution is 2.32. The zero-order valence-corrected chi connectivity index (χ0v) is 21.4. The number of carbonyl (C=O) groups excluding carboxylic acids is 2. The minimum Gasteiger partial charge on any atom is -0.486 e. The van der Waals surface area contributed by atoms with Crippen LogP contribution in [-0.2, 0) is 16.8 Å². The number of fused-ring (bicyclic) bond motifs is 1. The van der Waals surface area contributed by atoms with Gasteiger partial charge in [0.2, 0.25) is 11.7 Å². The zero-order chi connectivity index (χ0) is 26.7. The Hall–Kier alpha value is -4.73. The molecule has 2 amide bonds. The molecular weight excluding hydrogens is 484 g/mol. The maximum Gasteiger partial charge on any atom is 0.255 e. The van der Waals surface area contributed by atoms with Crippen LogP contribution in [0.25, 0.3) is 11.4 Å². The number of rotatable bonds is 6. The Morgan fingerprint density at radius 3 is 2.42 bits per heavy atom. The first-order valence-electron chi connectivity index (χ1n) is 12.2. The summed E-state index contributed by atoms with van der Waals surface area (Å²) in [5.41, 5.74) is 3.39. The van der Waals surface area contributed by atoms with Gasteiger partial charge < -0.3 is 20.1 Å². The lowest BCUT2D eigenvalue weighted by Gasteiger charge is -2.19. The molecule has 1 aliphatic heterocycles. The van der Waals surface area contributed by atoms with Crippen molar-refractivity contribution in [3.63, 3.8) is 0 Å². The summed E-state index contributed by atoms with van der Waals surface area (Å²) < 4.78 is 11.1. The van der Waals surface area contributed by atoms with E-state index >= 15 is 0 Å². The van der Waals surface area contributed by atoms with Crippen molar-refractivity contribution in [1.82, 2.24) is 20.2 Å². The molecule has 0 unspecified atom stereocenters. The summed E-state index contributed by atoms with van der Waals surface area (Å²) >= 11 is 0. The molecule has 0 radical (unpaired) electrons. The van der Waals surface area contributed by atoms with Crippen molar-refractivity contribution in [1.29, 1.82) is 0 Å². The third-order valence-corrected chi connectivity index (χ3v) is 5.99. The highest BCUT2D eigenvalue weighted by atomic mass is 16.6. The average Bonchev–Trinajstić information content (AvgIpc) is 3.36. The third-order valence-electron chi connectivity index (χ3n) is 5.99. The van der Waals surface area contributed by atoms with Gasteiger partial charge in [-0.3, -0.25) is 9.59 Å². The van der Waals surface area contributed by atoms with Crippen LogP contribution in [0.4, 0.5) is 11.4 Å². The SMILES string of the molecule is CC(C)(C)c1ccc(C(=O)Nc2ccccc2-c2nnn(CC(=O)Nc3ccc4c(c3)OCCO4)n2)cc1. The maximum absolute atomic E-state index is 12.9. The van der Waals surface area contributed by atoms with Crippen LogP contribution in [0.2, 0.25) is 0 Å². The number of anilines is 2. The van der Waals surface area contributed by atoms with Gasteiger partial charge in [-0.1, -0.05) is 45.0 Å². The molecule has 5 rings (SSSR count). The molecule has 0 aliphatic carbocycles. The summed E-state index contributed by atoms with van der Waals surface area (Å²) in [6.07, 6.45) is 0. The van der Waals surface area contributed by atoms with Crippen LogP contribution in [-0.4, -0.2) is 45.2 Å². The van der Waals surface area contributed by atoms with E-state index in [9.17, 15) is 9.59 Å². The molecule has 10 nitrogen and oxygen atoms in total. The molecule has 1 aromatic heterocycles. The molecule has 0 spiro atoms. The number of ether oxygens (including phenoxy) is 2. The second-order valence-electron chi connectivity index (χ2n) is 9.88. The number of nitrogens with zero attached hydrogens (tertiary/aromatic N) is 4. The number of nitrogens with one attached hydrogen (secondary N) is 2. The molecule has 4 aromatic rings. The van der Waals surface area contributed by atoms with Gasteiger partial charge in [0.05, 0.1) is 5.69 Å². The standard InChI is InChI=1S/C28H28N6O4/c1-28(2,3)19-10-8-18(9-11-19)27(36)30-22-7-5-4-6-21(22)26-31-33-34(32-26)17-25(35)29-20-12-13-23-24(16-20)38-15-14-37-23/h4-13,16H,14-15,17H2,1-3H3,(H,29,35)(H,30,36). The second kappa shape index (κ2) is 10.3. The average molecular weight is 513 g/mol. The number of amides is 2. The molecule has 1 aliphatic rings. The molecular formula is C28H28N6O4. The smallest absolute Gasteiger partial charge is 0.255 e. The van der Waals surface area contributed by atoms with Crippen molar-refractivity contribution >= 4 is 23.2 Å². The number of hydrogen-bond acceptors (Lipinski definition) is 7. The Morgan fingerprint density at radius 1 is 0.921 bits per heavy atom. The molecule has 2 heterocycles. The quantitative estimate of drug-likeness (QED) is 0.395. The summed E-state index contributed by atoms with van der Waals surface area (Å²) in [5, 5.41) is 18.2. The summed E-state index contributed by atoms with van der Waals surface area (Å²) in [4.78, 5) is 26.7. The van der Waals surface area contributed by atoms with Gasteiger partial charge in [0, 0.05) is 22.9 Å². The van der Waals surface area contributed by atoms with Crippen LogP contribution < -0.4 is 20.1 Å². The third kappa shape index (κ3) is 5.64. The van der Waals surface area contributed by atoms with Gasteiger partial charge in [-0.25, -0.2) is 0 Å². The Morgan fingerprint density at radius 2 is 1.66 bits per heavy atom. The molecule has 0 fully saturated rings. The van der Waals surface area contributed by atoms with E-state index in [0.29, 0.717) is 47.2 Å². The van der Waals surface area contributed by atoms with Gasteiger partial charge in [0.25, 0.3) is 5.91 Å². The van der Waals surface area contributed by atoms with Crippen LogP contribution in [0.5, 0.6) is 11.5 Å². The lowest BCUT2D eigenvalue weighted by molar-refractivity contribution is -0.117. The molecule has 0 saturated carbocycles. The molecule has 2 N–H and O–H groups in total. The minimum absolute atomic E-state index is 0.0000854. The van der Waals surface area contributed by atoms with Crippen LogP contribution in [0.3, 0.4) is 0 Å². The highest BCUT2D eigenvalue weighted by Gasteiger charge is 2.18. The summed E-state index contributed by atoms with van der Waals surface area (Å²) in [5.74, 6) is 0.940. The van der Waals surface area contributed by atoms with Crippen LogP contribution in [0.1, 0.15) is 36.7 Å². The van der Waals surface area contributed by atoms with Gasteiger partial charge in [0.1, 0.15) is 19.8 Å². The lowest BCUT2D eigenvalue weighted by Crippen LogP contribution is -2.21. The fraction of sp³-hybridized carbons (Fsp3) is 0.250. The van der Waals surface area contributed by atoms with Crippen molar-refractivity contribution in [2.45, 2.75) is 32.7 Å². The maximum atomic E-state index is 12.9. The van der Waals surface area contributed by atoms with E-state index in [-0.39, 0.29) is 29.6 Å². The van der Waals surface area contributed by atoms with E-state index in [1.54, 1.807) is 30.3 Å². The summed E-state index contributed by atoms with van der Waals surface area (Å²) in [6.45, 7) is 7.19. The van der Waals surface area contributed by atoms with Crippen molar-refractivity contribution in [3.05, 3.63) is 77.9 Å². The number of carbonyl (C=O) groups is 2. The zero-order valence-electron chi connectivity index (χ0n) is 21.4. The van der Waals surface area contributed by atoms with E-state index in [2.05, 4.69) is 46.8 Å². The Kier molecular flexibility index (Phi) is 6.78. The van der Waals surface area contributed by atoms with Crippen LogP contribution >= 0.6 is 0 Å². The van der Waals surface area contributed by atoms with E-state index in [1.165, 1.54) is 4.80 Å². The molecule has 38 heavy (non-hydrogen) atoms. The van der Waals surface area contributed by atoms with Gasteiger partial charge in [0.15, 0.2) is 11.5 Å². The predicted octanol–water partition coefficient (Wildman–Crippen LogP) is 4.30. The Labute approximate surface area is 220 Å². The first kappa shape index (κ1) is 24.9. The molecule has 0 bridgehead atoms. The minimum atomic E-state index is -0.328. The van der Waals surface area contributed by atoms with E-state index in [1.807, 2.05) is 36.4 Å². The fourth-order valence-electron chi connectivity index (χ4n) is 3.97. The molecule has 10 heteroatoms. The summed E-state index contributed by atoms with van der Waals surface area (Å²) in [6, 6.07) is 19.9. The number of tetrazole rings is 1. The normalized spacial score (nSPS) is 12.6. The van der Waals surface area contributed by atoms with Crippen molar-refractivity contribution in [3.8, 4) is 22.9 Å². The predicted molar refractivity (Wildman–Crippen MR) is 142 cm³/mol. The second-order valence-corrected chi connectivity index (χ2v) is 9.88. The first-order valence-corrected chi connectivity index (χ1v) is 12.2. The molecule has 194 valence electrons. The molecule has 0 saturated heterocycles. The largest absolute Gasteiger partial charge is 0.486 e. The van der Waals surface area contributed by atoms with Crippen molar-refractivity contribution in [2.75, 3.05) is 23.8 Å². The lowest BCUT2D eigenvalue weighted by atomic mass is 9.86. The number of hydrogen-bond donors (Lipinski definition) is 2. The van der Waals surface area contributed by atoms with E-state index in [4.69, 9.17) is 9.47 Å². The van der Waals surface area contributed by atoms with Gasteiger partial charge in [-0.15, -0.1) is 10.2 Å². The van der Waals surface area contributed by atoms with Gasteiger partial charge in [-0.2, -0.15) is 4.80 Å². The summed E-state index contributed by atoms with van der Waals surface area (Å²) in [7, 11) is 0. The van der Waals surface area contributed by atoms with E-state index in [0.717, 1.165) is 5.56 Å². The number of benzene rings is 3. The fourth-order valence-corrected chi connectivity index (χ4v) is 3.97. The first-order chi connectivity index (χ1) is 18.3. The Balaban J connectivity index is 1.26. The van der Waals surface area contributed by atoms with Crippen LogP contribution in [0.15, 0.2) is 66.7 Å². The van der Waals surface area contributed by atoms with Gasteiger partial charge >= 0.3 is 0 Å². The molecule has 0 atom stereocenters. The number of aromatic nitrogens is 4. The Bertz CT molecular complexity index is 1470. The van der Waals surface area contributed by atoms with Gasteiger partial charge in [-0.05, 0) is 52.6 Å². The van der Waals surface area contributed by atoms with E-state index < -0.39 is 0 Å². The monoisotopic (exact) mass is 512 g/mol. The number of para-hydroxylation sites is 1.